The number of hydrogen-bond donors (Lipinski definition) is 0. The predicted molar refractivity (Wildman–Crippen MR) is 154 cm³/mol. The Balaban J connectivity index is 1.46. The highest BCUT2D eigenvalue weighted by atomic mass is 19.2. The predicted octanol–water partition coefficient (Wildman–Crippen LogP) is 11.5. The number of allylic oxidation sites excluding steroid dienone is 2. The molecule has 3 aromatic rings. The summed E-state index contributed by atoms with van der Waals surface area (Å²) >= 11 is 0. The smallest absolute Gasteiger partial charge is 0.167 e. The van der Waals surface area contributed by atoms with Gasteiger partial charge in [0.05, 0.1) is 0 Å². The quantitative estimate of drug-likeness (QED) is 0.159. The molecule has 0 nitrogen and oxygen atoms in total. The summed E-state index contributed by atoms with van der Waals surface area (Å²) in [5.74, 6) is -2.76. The van der Waals surface area contributed by atoms with Gasteiger partial charge in [0, 0.05) is 16.7 Å². The second kappa shape index (κ2) is 14.0. The molecule has 0 aromatic heterocycles. The monoisotopic (exact) mass is 536 g/mol. The Kier molecular flexibility index (Phi) is 10.4. The highest BCUT2D eigenvalue weighted by Crippen LogP contribution is 2.37. The van der Waals surface area contributed by atoms with Crippen molar-refractivity contribution in [2.75, 3.05) is 0 Å². The number of rotatable bonds is 12. The van der Waals surface area contributed by atoms with Gasteiger partial charge in [-0.05, 0) is 60.3 Å². The minimum atomic E-state index is -0.878. The van der Waals surface area contributed by atoms with Crippen LogP contribution in [-0.4, -0.2) is 0 Å². The fraction of sp³-hybridized carbons (Fsp3) is 0.429. The molecule has 4 heteroatoms. The lowest BCUT2D eigenvalue weighted by Crippen LogP contribution is -2.07. The Bertz CT molecular complexity index is 1270. The fourth-order valence-electron chi connectivity index (χ4n) is 5.65. The third kappa shape index (κ3) is 7.01. The van der Waals surface area contributed by atoms with E-state index in [-0.39, 0.29) is 11.1 Å². The molecule has 39 heavy (non-hydrogen) atoms. The Hall–Kier alpha value is -2.88. The van der Waals surface area contributed by atoms with Crippen molar-refractivity contribution in [1.82, 2.24) is 0 Å². The first kappa shape index (κ1) is 29.1. The second-order valence-corrected chi connectivity index (χ2v) is 10.9. The summed E-state index contributed by atoms with van der Waals surface area (Å²) < 4.78 is 59.8. The van der Waals surface area contributed by atoms with Gasteiger partial charge in [-0.1, -0.05) is 113 Å². The van der Waals surface area contributed by atoms with Crippen molar-refractivity contribution in [3.8, 4) is 22.3 Å². The van der Waals surface area contributed by atoms with Gasteiger partial charge in [-0.3, -0.25) is 0 Å². The van der Waals surface area contributed by atoms with E-state index in [2.05, 4.69) is 13.0 Å². The molecule has 0 saturated carbocycles. The lowest BCUT2D eigenvalue weighted by Gasteiger charge is -2.22. The first-order chi connectivity index (χ1) is 18.9. The first-order valence-electron chi connectivity index (χ1n) is 14.7. The summed E-state index contributed by atoms with van der Waals surface area (Å²) in [4.78, 5) is 0. The van der Waals surface area contributed by atoms with Crippen LogP contribution in [0.3, 0.4) is 0 Å². The van der Waals surface area contributed by atoms with Crippen LogP contribution in [0.1, 0.15) is 95.6 Å². The van der Waals surface area contributed by atoms with Crippen LogP contribution in [-0.2, 0) is 6.42 Å². The molecule has 208 valence electrons. The summed E-state index contributed by atoms with van der Waals surface area (Å²) in [6.45, 7) is 4.23. The molecular formula is C35H40F4. The van der Waals surface area contributed by atoms with E-state index in [1.807, 2.05) is 6.92 Å². The summed E-state index contributed by atoms with van der Waals surface area (Å²) in [7, 11) is 0. The van der Waals surface area contributed by atoms with Crippen molar-refractivity contribution >= 4 is 5.57 Å². The molecule has 1 atom stereocenters. The molecule has 0 N–H and O–H groups in total. The van der Waals surface area contributed by atoms with Crippen LogP contribution in [0, 0.1) is 29.2 Å². The van der Waals surface area contributed by atoms with E-state index in [0.717, 1.165) is 37.7 Å². The average Bonchev–Trinajstić information content (AvgIpc) is 2.96. The van der Waals surface area contributed by atoms with E-state index in [1.54, 1.807) is 48.5 Å². The molecule has 0 bridgehead atoms. The van der Waals surface area contributed by atoms with Gasteiger partial charge in [0.25, 0.3) is 0 Å². The van der Waals surface area contributed by atoms with Gasteiger partial charge < -0.3 is 0 Å². The zero-order chi connectivity index (χ0) is 27.8. The highest BCUT2D eigenvalue weighted by Gasteiger charge is 2.21. The Morgan fingerprint density at radius 1 is 0.615 bits per heavy atom. The number of aryl methyl sites for hydroxylation is 1. The molecule has 0 amide bonds. The Labute approximate surface area is 231 Å². The van der Waals surface area contributed by atoms with Gasteiger partial charge in [0.15, 0.2) is 23.3 Å². The molecule has 0 saturated heterocycles. The molecule has 0 aliphatic heterocycles. The normalized spacial score (nSPS) is 15.4. The standard InChI is InChI=1S/C35H40F4/c1-3-5-7-8-9-10-24-12-14-25(15-13-24)30-22-23-31(35(39)34(30)38)27-18-16-26(17-19-27)29-21-20-28(11-6-4-2)32(36)33(29)37/h14,16-24H,3-13,15H2,1-2H3. The minimum absolute atomic E-state index is 0.157. The van der Waals surface area contributed by atoms with E-state index in [9.17, 15) is 8.78 Å². The highest BCUT2D eigenvalue weighted by molar-refractivity contribution is 5.74. The van der Waals surface area contributed by atoms with Gasteiger partial charge in [-0.2, -0.15) is 0 Å². The van der Waals surface area contributed by atoms with E-state index >= 15 is 8.78 Å². The Morgan fingerprint density at radius 3 is 1.79 bits per heavy atom. The van der Waals surface area contributed by atoms with Gasteiger partial charge in [-0.15, -0.1) is 0 Å². The molecule has 1 aliphatic carbocycles. The first-order valence-corrected chi connectivity index (χ1v) is 14.7. The van der Waals surface area contributed by atoms with Gasteiger partial charge in [0.2, 0.25) is 0 Å². The average molecular weight is 537 g/mol. The van der Waals surface area contributed by atoms with Gasteiger partial charge in [0.1, 0.15) is 0 Å². The number of benzene rings is 3. The molecule has 0 radical (unpaired) electrons. The van der Waals surface area contributed by atoms with Crippen molar-refractivity contribution in [2.24, 2.45) is 5.92 Å². The third-order valence-corrected chi connectivity index (χ3v) is 8.13. The van der Waals surface area contributed by atoms with Crippen molar-refractivity contribution in [3.63, 3.8) is 0 Å². The van der Waals surface area contributed by atoms with Crippen LogP contribution in [0.4, 0.5) is 17.6 Å². The number of halogens is 4. The summed E-state index contributed by atoms with van der Waals surface area (Å²) in [6.07, 6.45) is 14.6. The zero-order valence-corrected chi connectivity index (χ0v) is 23.3. The molecule has 0 heterocycles. The largest absolute Gasteiger partial charge is 0.203 e. The van der Waals surface area contributed by atoms with Crippen molar-refractivity contribution < 1.29 is 17.6 Å². The molecule has 3 aromatic carbocycles. The minimum Gasteiger partial charge on any atom is -0.203 e. The Morgan fingerprint density at radius 2 is 1.18 bits per heavy atom. The van der Waals surface area contributed by atoms with Crippen molar-refractivity contribution in [3.05, 3.63) is 89.0 Å². The molecule has 0 spiro atoms. The molecule has 4 rings (SSSR count). The third-order valence-electron chi connectivity index (χ3n) is 8.13. The maximum Gasteiger partial charge on any atom is 0.167 e. The van der Waals surface area contributed by atoms with E-state index in [4.69, 9.17) is 0 Å². The van der Waals surface area contributed by atoms with E-state index in [1.165, 1.54) is 38.5 Å². The lowest BCUT2D eigenvalue weighted by molar-refractivity contribution is 0.422. The van der Waals surface area contributed by atoms with E-state index < -0.39 is 23.3 Å². The fourth-order valence-corrected chi connectivity index (χ4v) is 5.65. The van der Waals surface area contributed by atoms with Crippen molar-refractivity contribution in [1.29, 1.82) is 0 Å². The molecular weight excluding hydrogens is 496 g/mol. The summed E-state index contributed by atoms with van der Waals surface area (Å²) in [5, 5.41) is 0. The zero-order valence-electron chi connectivity index (χ0n) is 23.3. The van der Waals surface area contributed by atoms with Crippen LogP contribution < -0.4 is 0 Å². The lowest BCUT2D eigenvalue weighted by atomic mass is 9.83. The number of hydrogen-bond acceptors (Lipinski definition) is 0. The number of unbranched alkanes of at least 4 members (excludes halogenated alkanes) is 5. The van der Waals surface area contributed by atoms with E-state index in [0.29, 0.717) is 34.6 Å². The van der Waals surface area contributed by atoms with Gasteiger partial charge >= 0.3 is 0 Å². The molecule has 1 unspecified atom stereocenters. The van der Waals surface area contributed by atoms with Crippen LogP contribution in [0.25, 0.3) is 27.8 Å². The maximum atomic E-state index is 15.2. The van der Waals surface area contributed by atoms with Crippen LogP contribution in [0.5, 0.6) is 0 Å². The molecule has 0 fully saturated rings. The molecule has 1 aliphatic rings. The van der Waals surface area contributed by atoms with Crippen LogP contribution in [0.2, 0.25) is 0 Å². The topological polar surface area (TPSA) is 0 Å². The SMILES string of the molecule is CCCCCCCC1CC=C(c2ccc(-c3ccc(-c4ccc(CCCC)c(F)c4F)cc3)c(F)c2F)CC1. The van der Waals surface area contributed by atoms with Crippen molar-refractivity contribution in [2.45, 2.75) is 90.9 Å². The summed E-state index contributed by atoms with van der Waals surface area (Å²) in [5.41, 5.74) is 2.89. The maximum absolute atomic E-state index is 15.2. The van der Waals surface area contributed by atoms with Gasteiger partial charge in [-0.25, -0.2) is 17.6 Å². The van der Waals surface area contributed by atoms with Crippen LogP contribution >= 0.6 is 0 Å². The van der Waals surface area contributed by atoms with Crippen LogP contribution in [0.15, 0.2) is 54.6 Å². The summed E-state index contributed by atoms with van der Waals surface area (Å²) in [6, 6.07) is 13.0. The second-order valence-electron chi connectivity index (χ2n) is 10.9.